The Morgan fingerprint density at radius 2 is 2.50 bits per heavy atom. The number of aromatic nitrogens is 4. The van der Waals surface area contributed by atoms with Crippen molar-refractivity contribution < 1.29 is 0 Å². The summed E-state index contributed by atoms with van der Waals surface area (Å²) in [7, 11) is 0. The van der Waals surface area contributed by atoms with Gasteiger partial charge < -0.3 is 0 Å². The molecule has 0 aromatic carbocycles. The van der Waals surface area contributed by atoms with Gasteiger partial charge in [0.25, 0.3) is 0 Å². The lowest BCUT2D eigenvalue weighted by molar-refractivity contribution is 0.914. The molecular formula is C6H5N4. The molecule has 0 saturated carbocycles. The van der Waals surface area contributed by atoms with E-state index >= 15 is 0 Å². The highest BCUT2D eigenvalue weighted by Crippen LogP contribution is 2.00. The Labute approximate surface area is 57.5 Å². The fourth-order valence-corrected chi connectivity index (χ4v) is 0.815. The average molecular weight is 133 g/mol. The van der Waals surface area contributed by atoms with E-state index in [9.17, 15) is 0 Å². The Hall–Kier alpha value is -1.45. The van der Waals surface area contributed by atoms with Crippen molar-refractivity contribution in [2.24, 2.45) is 0 Å². The van der Waals surface area contributed by atoms with Crippen molar-refractivity contribution in [2.45, 2.75) is 6.92 Å². The van der Waals surface area contributed by atoms with Gasteiger partial charge in [-0.05, 0) is 18.6 Å². The van der Waals surface area contributed by atoms with Gasteiger partial charge in [0.2, 0.25) is 0 Å². The Bertz CT molecular complexity index is 351. The number of fused-ring (bicyclic) bond motifs is 1. The zero-order valence-electron chi connectivity index (χ0n) is 5.44. The molecule has 0 atom stereocenters. The van der Waals surface area contributed by atoms with Crippen molar-refractivity contribution in [2.75, 3.05) is 0 Å². The van der Waals surface area contributed by atoms with Crippen molar-refractivity contribution in [3.63, 3.8) is 0 Å². The summed E-state index contributed by atoms with van der Waals surface area (Å²) in [5.74, 6) is 0. The third kappa shape index (κ3) is 0.586. The summed E-state index contributed by atoms with van der Waals surface area (Å²) >= 11 is 0. The van der Waals surface area contributed by atoms with Gasteiger partial charge in [-0.15, -0.1) is 10.2 Å². The van der Waals surface area contributed by atoms with Crippen LogP contribution in [0.4, 0.5) is 0 Å². The molecule has 49 valence electrons. The number of hydrogen-bond acceptors (Lipinski definition) is 3. The molecule has 0 amide bonds. The fourth-order valence-electron chi connectivity index (χ4n) is 0.815. The standard InChI is InChI=1S/C6H5N4/c1-5-2-3-8-10-4-7-9-6(5)10/h2,4H,1H3. The number of nitrogens with zero attached hydrogens (tertiary/aromatic N) is 4. The highest BCUT2D eigenvalue weighted by Gasteiger charge is 1.96. The van der Waals surface area contributed by atoms with E-state index in [0.717, 1.165) is 11.2 Å². The van der Waals surface area contributed by atoms with Crippen molar-refractivity contribution >= 4 is 5.65 Å². The predicted molar refractivity (Wildman–Crippen MR) is 34.4 cm³/mol. The Morgan fingerprint density at radius 1 is 1.60 bits per heavy atom. The predicted octanol–water partition coefficient (Wildman–Crippen LogP) is 0.233. The molecule has 0 saturated heterocycles. The molecular weight excluding hydrogens is 128 g/mol. The van der Waals surface area contributed by atoms with E-state index in [1.165, 1.54) is 0 Å². The smallest absolute Gasteiger partial charge is 0.180 e. The van der Waals surface area contributed by atoms with Crippen molar-refractivity contribution in [3.8, 4) is 0 Å². The number of aryl methyl sites for hydroxylation is 1. The molecule has 0 aliphatic carbocycles. The van der Waals surface area contributed by atoms with Gasteiger partial charge in [0.05, 0.1) is 0 Å². The minimum Gasteiger partial charge on any atom is -0.200 e. The number of rotatable bonds is 0. The average Bonchev–Trinajstić information content (AvgIpc) is 2.36. The third-order valence-corrected chi connectivity index (χ3v) is 1.33. The van der Waals surface area contributed by atoms with Crippen LogP contribution in [0.3, 0.4) is 0 Å². The quantitative estimate of drug-likeness (QED) is 0.516. The highest BCUT2D eigenvalue weighted by molar-refractivity contribution is 5.42. The van der Waals surface area contributed by atoms with Gasteiger partial charge in [-0.3, -0.25) is 0 Å². The maximum atomic E-state index is 3.87. The zero-order valence-corrected chi connectivity index (χ0v) is 5.44. The van der Waals surface area contributed by atoms with E-state index in [2.05, 4.69) is 21.5 Å². The first kappa shape index (κ1) is 5.34. The van der Waals surface area contributed by atoms with Gasteiger partial charge in [-0.25, -0.2) is 0 Å². The second-order valence-electron chi connectivity index (χ2n) is 2.06. The first-order chi connectivity index (χ1) is 4.88. The lowest BCUT2D eigenvalue weighted by Crippen LogP contribution is -1.90. The maximum absolute atomic E-state index is 3.87. The van der Waals surface area contributed by atoms with Crippen LogP contribution in [0.5, 0.6) is 0 Å². The molecule has 2 aromatic heterocycles. The van der Waals surface area contributed by atoms with Crippen molar-refractivity contribution in [1.29, 1.82) is 0 Å². The lowest BCUT2D eigenvalue weighted by atomic mass is 10.3. The molecule has 1 radical (unpaired) electrons. The summed E-state index contributed by atoms with van der Waals surface area (Å²) < 4.78 is 1.59. The van der Waals surface area contributed by atoms with Crippen LogP contribution in [-0.4, -0.2) is 19.8 Å². The Morgan fingerprint density at radius 3 is 3.30 bits per heavy atom. The zero-order chi connectivity index (χ0) is 6.97. The molecule has 4 heteroatoms. The topological polar surface area (TPSA) is 43.1 Å². The first-order valence-corrected chi connectivity index (χ1v) is 2.91. The molecule has 10 heavy (non-hydrogen) atoms. The van der Waals surface area contributed by atoms with E-state index in [1.807, 2.05) is 6.92 Å². The van der Waals surface area contributed by atoms with Crippen LogP contribution in [0, 0.1) is 13.1 Å². The van der Waals surface area contributed by atoms with Crippen molar-refractivity contribution in [3.05, 3.63) is 24.2 Å². The molecule has 0 bridgehead atoms. The molecule has 2 heterocycles. The van der Waals surface area contributed by atoms with E-state index in [1.54, 1.807) is 16.9 Å². The minimum absolute atomic E-state index is 0.791. The lowest BCUT2D eigenvalue weighted by Gasteiger charge is -1.90. The van der Waals surface area contributed by atoms with Crippen LogP contribution in [0.25, 0.3) is 5.65 Å². The summed E-state index contributed by atoms with van der Waals surface area (Å²) in [6.07, 6.45) is 4.28. The normalized spacial score (nSPS) is 10.5. The Balaban J connectivity index is 2.95. The van der Waals surface area contributed by atoms with E-state index < -0.39 is 0 Å². The molecule has 2 rings (SSSR count). The summed E-state index contributed by atoms with van der Waals surface area (Å²) in [6, 6.07) is 1.78. The number of hydrogen-bond donors (Lipinski definition) is 0. The molecule has 0 aliphatic rings. The van der Waals surface area contributed by atoms with Crippen LogP contribution in [0.2, 0.25) is 0 Å². The highest BCUT2D eigenvalue weighted by atomic mass is 15.3. The van der Waals surface area contributed by atoms with Crippen LogP contribution in [0.1, 0.15) is 5.56 Å². The monoisotopic (exact) mass is 133 g/mol. The van der Waals surface area contributed by atoms with Crippen LogP contribution >= 0.6 is 0 Å². The maximum Gasteiger partial charge on any atom is 0.180 e. The molecule has 0 unspecified atom stereocenters. The largest absolute Gasteiger partial charge is 0.200 e. The van der Waals surface area contributed by atoms with Crippen LogP contribution in [-0.2, 0) is 0 Å². The van der Waals surface area contributed by atoms with Crippen molar-refractivity contribution in [1.82, 2.24) is 19.8 Å². The fraction of sp³-hybridized carbons (Fsp3) is 0.167. The summed E-state index contributed by atoms with van der Waals surface area (Å²) in [5, 5.41) is 11.4. The van der Waals surface area contributed by atoms with E-state index in [0.29, 0.717) is 0 Å². The van der Waals surface area contributed by atoms with Gasteiger partial charge in [-0.2, -0.15) is 9.61 Å². The van der Waals surface area contributed by atoms with Gasteiger partial charge in [0, 0.05) is 0 Å². The molecule has 0 fully saturated rings. The second kappa shape index (κ2) is 1.76. The molecule has 4 nitrogen and oxygen atoms in total. The first-order valence-electron chi connectivity index (χ1n) is 2.91. The van der Waals surface area contributed by atoms with Gasteiger partial charge in [0.15, 0.2) is 5.65 Å². The third-order valence-electron chi connectivity index (χ3n) is 1.33. The molecule has 0 aliphatic heterocycles. The summed E-state index contributed by atoms with van der Waals surface area (Å²) in [6.45, 7) is 1.95. The van der Waals surface area contributed by atoms with Crippen LogP contribution < -0.4 is 0 Å². The van der Waals surface area contributed by atoms with Gasteiger partial charge in [0.1, 0.15) is 12.5 Å². The molecule has 0 N–H and O–H groups in total. The van der Waals surface area contributed by atoms with Crippen LogP contribution in [0.15, 0.2) is 12.4 Å². The molecule has 0 spiro atoms. The minimum atomic E-state index is 0.791. The second-order valence-corrected chi connectivity index (χ2v) is 2.06. The Kier molecular flexibility index (Phi) is 0.943. The van der Waals surface area contributed by atoms with Gasteiger partial charge in [-0.1, -0.05) is 0 Å². The van der Waals surface area contributed by atoms with Gasteiger partial charge >= 0.3 is 0 Å². The molecule has 2 aromatic rings. The van der Waals surface area contributed by atoms with E-state index in [-0.39, 0.29) is 0 Å². The summed E-state index contributed by atoms with van der Waals surface area (Å²) in [5.41, 5.74) is 1.83. The van der Waals surface area contributed by atoms with E-state index in [4.69, 9.17) is 0 Å². The summed E-state index contributed by atoms with van der Waals surface area (Å²) in [4.78, 5) is 0. The SMILES string of the molecule is Cc1c[c]nn2cnnc12.